The van der Waals surface area contributed by atoms with Crippen LogP contribution in [0.25, 0.3) is 16.5 Å². The van der Waals surface area contributed by atoms with E-state index in [0.717, 1.165) is 44.0 Å². The highest BCUT2D eigenvalue weighted by Gasteiger charge is 2.37. The number of nitrogens with one attached hydrogen (secondary N) is 2. The minimum atomic E-state index is -0.910. The molecular weight excluding hydrogens is 719 g/mol. The molecule has 0 spiro atoms. The summed E-state index contributed by atoms with van der Waals surface area (Å²) in [4.78, 5) is 52.7. The predicted octanol–water partition coefficient (Wildman–Crippen LogP) is 5.93. The molecule has 6 bridgehead atoms. The number of aromatic nitrogens is 1. The number of carbonyl (C=O) groups excluding carboxylic acids is 3. The molecule has 14 heteroatoms. The van der Waals surface area contributed by atoms with Gasteiger partial charge in [-0.15, -0.1) is 11.8 Å². The van der Waals surface area contributed by atoms with Crippen LogP contribution in [0.4, 0.5) is 4.79 Å². The van der Waals surface area contributed by atoms with E-state index in [1.54, 1.807) is 39.2 Å². The van der Waals surface area contributed by atoms with Gasteiger partial charge < -0.3 is 29.0 Å². The van der Waals surface area contributed by atoms with E-state index in [4.69, 9.17) is 24.2 Å². The number of ether oxygens (including phenoxy) is 3. The number of methoxy groups -OCH3 is 2. The van der Waals surface area contributed by atoms with Crippen LogP contribution < -0.4 is 10.7 Å². The van der Waals surface area contributed by atoms with Crippen LogP contribution in [0.5, 0.6) is 0 Å². The molecule has 5 atom stereocenters. The van der Waals surface area contributed by atoms with Gasteiger partial charge in [-0.1, -0.05) is 32.6 Å². The number of urea groups is 1. The summed E-state index contributed by atoms with van der Waals surface area (Å²) in [5.41, 5.74) is 8.58. The molecule has 1 saturated heterocycles. The molecule has 0 radical (unpaired) electrons. The minimum Gasteiger partial charge on any atom is -0.464 e. The maximum atomic E-state index is 14.2. The number of likely N-dealkylation sites (N-methyl/N-ethyl adjacent to an activating group) is 1. The molecule has 2 N–H and O–H groups in total. The number of amides is 3. The maximum absolute atomic E-state index is 14.2. The van der Waals surface area contributed by atoms with E-state index in [-0.39, 0.29) is 37.2 Å². The van der Waals surface area contributed by atoms with Crippen molar-refractivity contribution >= 4 is 57.4 Å². The Bertz CT molecular complexity index is 1850. The van der Waals surface area contributed by atoms with E-state index in [1.807, 2.05) is 26.8 Å². The van der Waals surface area contributed by atoms with Gasteiger partial charge in [0.05, 0.1) is 41.3 Å². The van der Waals surface area contributed by atoms with Crippen LogP contribution in [0.3, 0.4) is 0 Å². The number of hydrogen-bond donors (Lipinski definition) is 2. The standard InChI is InChI=1S/C41H59N7O6S/c1-11-28(36(42-12-2)26(5)53-10)37-30-21-41(6,7)24-54-39(50)31-15-14-18-48(45-31)38(49)32(44-40(51)46(8)22-25(4)52-9)20-35-43-33(23-55-35)27-16-17-34(29(30)19-27)47(37)13-3/h11-12,16-17,19,25-26,31-33,45H,1,13-15,18,20-24H2,2-10H3,(H,44,51)/b36-28+,42-12?/t25-,26-,31-,32-,33?/m0/s1. The molecule has 0 aliphatic carbocycles. The summed E-state index contributed by atoms with van der Waals surface area (Å²) in [6, 6.07) is 4.38. The lowest BCUT2D eigenvalue weighted by Gasteiger charge is -2.36. The Hall–Kier alpha value is -3.98. The summed E-state index contributed by atoms with van der Waals surface area (Å²) in [5, 5.41) is 6.30. The quantitative estimate of drug-likeness (QED) is 0.172. The van der Waals surface area contributed by atoms with E-state index in [1.165, 1.54) is 9.91 Å². The molecule has 1 fully saturated rings. The second kappa shape index (κ2) is 18.3. The van der Waals surface area contributed by atoms with Gasteiger partial charge in [-0.3, -0.25) is 24.6 Å². The molecule has 0 saturated carbocycles. The zero-order valence-electron chi connectivity index (χ0n) is 33.9. The van der Waals surface area contributed by atoms with Crippen molar-refractivity contribution in [1.29, 1.82) is 0 Å². The van der Waals surface area contributed by atoms with Crippen LogP contribution in [-0.4, -0.2) is 115 Å². The first-order valence-corrected chi connectivity index (χ1v) is 20.3. The monoisotopic (exact) mass is 777 g/mol. The SMILES string of the molecule is C=C/C(=C(\N=CC)[C@H](C)OC)c1c2c3cc(ccc3n1CC)C1CSC(=N1)C[C@H](NC(=O)N(C)C[C@H](C)OC)C(=O)N1CCC[C@H](N1)C(=O)OCC(C)(C)C2. The minimum absolute atomic E-state index is 0.143. The van der Waals surface area contributed by atoms with Crippen LogP contribution in [-0.2, 0) is 36.8 Å². The number of cyclic esters (lactones) is 1. The molecule has 1 aromatic carbocycles. The summed E-state index contributed by atoms with van der Waals surface area (Å²) >= 11 is 1.60. The Balaban J connectivity index is 1.65. The maximum Gasteiger partial charge on any atom is 0.324 e. The molecule has 55 heavy (non-hydrogen) atoms. The summed E-state index contributed by atoms with van der Waals surface area (Å²) in [6.45, 7) is 18.0. The molecule has 2 aromatic rings. The molecule has 300 valence electrons. The fourth-order valence-corrected chi connectivity index (χ4v) is 8.62. The number of allylic oxidation sites excluding steroid dienone is 2. The number of benzene rings is 1. The first-order chi connectivity index (χ1) is 26.2. The van der Waals surface area contributed by atoms with E-state index in [0.29, 0.717) is 44.6 Å². The Labute approximate surface area is 330 Å². The van der Waals surface area contributed by atoms with Crippen molar-refractivity contribution in [2.45, 2.75) is 104 Å². The number of rotatable bonds is 10. The van der Waals surface area contributed by atoms with Gasteiger partial charge in [0.25, 0.3) is 5.91 Å². The number of fused-ring (bicyclic) bond motifs is 5. The van der Waals surface area contributed by atoms with Gasteiger partial charge in [-0.2, -0.15) is 0 Å². The van der Waals surface area contributed by atoms with Gasteiger partial charge >= 0.3 is 12.0 Å². The van der Waals surface area contributed by atoms with Crippen LogP contribution >= 0.6 is 11.8 Å². The van der Waals surface area contributed by atoms with E-state index >= 15 is 0 Å². The lowest BCUT2D eigenvalue weighted by atomic mass is 9.84. The molecule has 13 nitrogen and oxygen atoms in total. The Morgan fingerprint density at radius 1 is 1.27 bits per heavy atom. The van der Waals surface area contributed by atoms with Gasteiger partial charge in [0, 0.05) is 81.2 Å². The lowest BCUT2D eigenvalue weighted by molar-refractivity contribution is -0.155. The smallest absolute Gasteiger partial charge is 0.324 e. The molecule has 3 aliphatic rings. The van der Waals surface area contributed by atoms with Crippen molar-refractivity contribution in [2.24, 2.45) is 15.4 Å². The van der Waals surface area contributed by atoms with Crippen LogP contribution in [0.1, 0.15) is 83.7 Å². The van der Waals surface area contributed by atoms with Crippen molar-refractivity contribution in [3.63, 3.8) is 0 Å². The molecule has 4 heterocycles. The zero-order valence-corrected chi connectivity index (χ0v) is 34.8. The van der Waals surface area contributed by atoms with Crippen molar-refractivity contribution in [1.82, 2.24) is 25.2 Å². The van der Waals surface area contributed by atoms with Gasteiger partial charge in [0.1, 0.15) is 12.1 Å². The average molecular weight is 778 g/mol. The van der Waals surface area contributed by atoms with Gasteiger partial charge in [0.2, 0.25) is 0 Å². The number of thioether (sulfide) groups is 1. The Morgan fingerprint density at radius 3 is 2.71 bits per heavy atom. The number of hydrogen-bond acceptors (Lipinski definition) is 10. The Morgan fingerprint density at radius 2 is 2.04 bits per heavy atom. The topological polar surface area (TPSA) is 139 Å². The number of carbonyl (C=O) groups is 3. The average Bonchev–Trinajstić information content (AvgIpc) is 3.77. The third kappa shape index (κ3) is 9.53. The fourth-order valence-electron chi connectivity index (χ4n) is 7.51. The highest BCUT2D eigenvalue weighted by molar-refractivity contribution is 8.14. The third-order valence-electron chi connectivity index (χ3n) is 10.6. The summed E-state index contributed by atoms with van der Waals surface area (Å²) < 4.78 is 19.5. The molecule has 1 unspecified atom stereocenters. The molecular formula is C41H59N7O6S. The van der Waals surface area contributed by atoms with Crippen molar-refractivity contribution in [3.05, 3.63) is 53.4 Å². The van der Waals surface area contributed by atoms with Crippen molar-refractivity contribution in [3.8, 4) is 0 Å². The first kappa shape index (κ1) is 42.2. The molecule has 3 amide bonds. The zero-order chi connectivity index (χ0) is 40.0. The van der Waals surface area contributed by atoms with E-state index < -0.39 is 29.5 Å². The molecule has 1 aromatic heterocycles. The highest BCUT2D eigenvalue weighted by atomic mass is 32.2. The largest absolute Gasteiger partial charge is 0.464 e. The van der Waals surface area contributed by atoms with Crippen LogP contribution in [0.2, 0.25) is 0 Å². The van der Waals surface area contributed by atoms with Gasteiger partial charge in [-0.25, -0.2) is 10.2 Å². The second-order valence-electron chi connectivity index (χ2n) is 15.4. The number of aryl methyl sites for hydroxylation is 1. The number of hydrazine groups is 1. The van der Waals surface area contributed by atoms with Gasteiger partial charge in [-0.05, 0) is 70.2 Å². The van der Waals surface area contributed by atoms with Gasteiger partial charge in [0.15, 0.2) is 0 Å². The number of nitrogens with zero attached hydrogens (tertiary/aromatic N) is 5. The number of esters is 1. The second-order valence-corrected chi connectivity index (χ2v) is 16.5. The fraction of sp³-hybridized carbons (Fsp3) is 0.585. The van der Waals surface area contributed by atoms with E-state index in [2.05, 4.69) is 60.9 Å². The van der Waals surface area contributed by atoms with Crippen LogP contribution in [0.15, 0.2) is 46.5 Å². The predicted molar refractivity (Wildman–Crippen MR) is 220 cm³/mol. The third-order valence-corrected chi connectivity index (χ3v) is 11.7. The van der Waals surface area contributed by atoms with Crippen molar-refractivity contribution in [2.75, 3.05) is 46.7 Å². The molecule has 3 aliphatic heterocycles. The Kier molecular flexibility index (Phi) is 14.0. The van der Waals surface area contributed by atoms with Crippen LogP contribution in [0, 0.1) is 5.41 Å². The highest BCUT2D eigenvalue weighted by Crippen LogP contribution is 2.41. The normalized spacial score (nSPS) is 23.5. The lowest BCUT2D eigenvalue weighted by Crippen LogP contribution is -2.61. The summed E-state index contributed by atoms with van der Waals surface area (Å²) in [5.74, 6) is -0.0428. The number of aliphatic imine (C=N–C) groups is 2. The summed E-state index contributed by atoms with van der Waals surface area (Å²) in [6.07, 6.45) is 5.11. The first-order valence-electron chi connectivity index (χ1n) is 19.3. The van der Waals surface area contributed by atoms with E-state index in [9.17, 15) is 14.4 Å². The summed E-state index contributed by atoms with van der Waals surface area (Å²) in [7, 11) is 4.95. The van der Waals surface area contributed by atoms with Crippen molar-refractivity contribution < 1.29 is 28.6 Å². The molecule has 5 rings (SSSR count).